The number of carboxylic acid groups (broad SMARTS) is 1. The molecule has 0 heterocycles. The van der Waals surface area contributed by atoms with Gasteiger partial charge < -0.3 is 15.2 Å². The van der Waals surface area contributed by atoms with E-state index in [1.807, 2.05) is 20.8 Å². The molecule has 0 spiro atoms. The fourth-order valence-electron chi connectivity index (χ4n) is 2.61. The van der Waals surface area contributed by atoms with Crippen LogP contribution < -0.4 is 5.32 Å². The Bertz CT molecular complexity index is 289. The number of aliphatic carboxylic acids is 1. The molecule has 0 bridgehead atoms. The Morgan fingerprint density at radius 2 is 2.11 bits per heavy atom. The van der Waals surface area contributed by atoms with Crippen molar-refractivity contribution in [1.29, 1.82) is 0 Å². The molecule has 1 rings (SSSR count). The van der Waals surface area contributed by atoms with Crippen molar-refractivity contribution in [3.63, 3.8) is 0 Å². The zero-order chi connectivity index (χ0) is 13.9. The van der Waals surface area contributed by atoms with Gasteiger partial charge in [0.1, 0.15) is 6.04 Å². The lowest BCUT2D eigenvalue weighted by Crippen LogP contribution is -2.63. The Hall–Kier alpha value is -0.610. The largest absolute Gasteiger partial charge is 0.480 e. The van der Waals surface area contributed by atoms with Gasteiger partial charge in [0.25, 0.3) is 0 Å². The molecule has 0 aromatic rings. The first-order chi connectivity index (χ1) is 8.28. The summed E-state index contributed by atoms with van der Waals surface area (Å²) in [6.07, 6.45) is 1.82. The molecule has 106 valence electrons. The molecule has 18 heavy (non-hydrogen) atoms. The van der Waals surface area contributed by atoms with Gasteiger partial charge in [0.05, 0.1) is 6.10 Å². The molecule has 0 aliphatic heterocycles. The van der Waals surface area contributed by atoms with Crippen molar-refractivity contribution in [2.45, 2.75) is 65.6 Å². The third kappa shape index (κ3) is 3.45. The molecule has 4 nitrogen and oxygen atoms in total. The summed E-state index contributed by atoms with van der Waals surface area (Å²) in [5, 5.41) is 12.5. The van der Waals surface area contributed by atoms with Gasteiger partial charge in [-0.3, -0.25) is 4.79 Å². The van der Waals surface area contributed by atoms with Crippen LogP contribution >= 0.6 is 0 Å². The zero-order valence-electron chi connectivity index (χ0n) is 12.2. The first-order valence-electron chi connectivity index (χ1n) is 6.89. The molecule has 1 fully saturated rings. The van der Waals surface area contributed by atoms with Crippen LogP contribution in [0.1, 0.15) is 47.5 Å². The van der Waals surface area contributed by atoms with Crippen molar-refractivity contribution >= 4 is 5.97 Å². The second-order valence-electron chi connectivity index (χ2n) is 6.24. The van der Waals surface area contributed by atoms with E-state index >= 15 is 0 Å². The van der Waals surface area contributed by atoms with Crippen molar-refractivity contribution < 1.29 is 14.6 Å². The molecule has 0 amide bonds. The molecule has 2 N–H and O–H groups in total. The van der Waals surface area contributed by atoms with Gasteiger partial charge in [-0.15, -0.1) is 0 Å². The predicted octanol–water partition coefficient (Wildman–Crippen LogP) is 2.28. The van der Waals surface area contributed by atoms with E-state index in [0.717, 1.165) is 13.0 Å². The Kier molecular flexibility index (Phi) is 5.17. The predicted molar refractivity (Wildman–Crippen MR) is 71.6 cm³/mol. The van der Waals surface area contributed by atoms with Gasteiger partial charge in [0.15, 0.2) is 0 Å². The lowest BCUT2D eigenvalue weighted by molar-refractivity contribution is -0.145. The number of rotatable bonds is 7. The quantitative estimate of drug-likeness (QED) is 0.734. The van der Waals surface area contributed by atoms with Crippen LogP contribution in [0.15, 0.2) is 0 Å². The van der Waals surface area contributed by atoms with E-state index in [1.165, 1.54) is 0 Å². The fourth-order valence-corrected chi connectivity index (χ4v) is 2.61. The molecule has 0 radical (unpaired) electrons. The van der Waals surface area contributed by atoms with Crippen molar-refractivity contribution in [2.75, 3.05) is 6.61 Å². The molecule has 3 atom stereocenters. The fraction of sp³-hybridized carbons (Fsp3) is 0.929. The number of hydrogen-bond acceptors (Lipinski definition) is 3. The molecule has 3 unspecified atom stereocenters. The van der Waals surface area contributed by atoms with E-state index in [4.69, 9.17) is 4.74 Å². The highest BCUT2D eigenvalue weighted by Crippen LogP contribution is 2.43. The molecule has 1 aliphatic rings. The minimum atomic E-state index is -0.751. The van der Waals surface area contributed by atoms with Crippen molar-refractivity contribution in [3.8, 4) is 0 Å². The number of carboxylic acids is 1. The van der Waals surface area contributed by atoms with Crippen LogP contribution in [-0.2, 0) is 9.53 Å². The summed E-state index contributed by atoms with van der Waals surface area (Å²) in [5.74, 6) is -0.371. The van der Waals surface area contributed by atoms with Crippen molar-refractivity contribution in [2.24, 2.45) is 11.3 Å². The van der Waals surface area contributed by atoms with Gasteiger partial charge in [-0.05, 0) is 25.7 Å². The van der Waals surface area contributed by atoms with Gasteiger partial charge in [0.2, 0.25) is 0 Å². The van der Waals surface area contributed by atoms with Crippen molar-refractivity contribution in [3.05, 3.63) is 0 Å². The van der Waals surface area contributed by atoms with Crippen LogP contribution in [0.2, 0.25) is 0 Å². The number of ether oxygens (including phenoxy) is 1. The van der Waals surface area contributed by atoms with E-state index in [0.29, 0.717) is 12.3 Å². The summed E-state index contributed by atoms with van der Waals surface area (Å²) in [6, 6.07) is -0.217. The smallest absolute Gasteiger partial charge is 0.320 e. The zero-order valence-corrected chi connectivity index (χ0v) is 12.2. The van der Waals surface area contributed by atoms with E-state index in [9.17, 15) is 9.90 Å². The number of carbonyl (C=O) groups is 1. The van der Waals surface area contributed by atoms with Gasteiger partial charge in [-0.2, -0.15) is 0 Å². The van der Waals surface area contributed by atoms with Crippen LogP contribution in [-0.4, -0.2) is 35.9 Å². The molecular weight excluding hydrogens is 230 g/mol. The minimum absolute atomic E-state index is 0.0146. The molecule has 4 heteroatoms. The molecule has 0 aromatic carbocycles. The first-order valence-corrected chi connectivity index (χ1v) is 6.89. The second kappa shape index (κ2) is 6.02. The normalized spacial score (nSPS) is 27.9. The van der Waals surface area contributed by atoms with E-state index in [-0.39, 0.29) is 17.6 Å². The van der Waals surface area contributed by atoms with E-state index in [1.54, 1.807) is 0 Å². The Labute approximate surface area is 110 Å². The van der Waals surface area contributed by atoms with E-state index < -0.39 is 12.0 Å². The first kappa shape index (κ1) is 15.4. The maximum absolute atomic E-state index is 11.2. The maximum atomic E-state index is 11.2. The lowest BCUT2D eigenvalue weighted by Gasteiger charge is -2.52. The summed E-state index contributed by atoms with van der Waals surface area (Å²) in [5.41, 5.74) is 0.0146. The summed E-state index contributed by atoms with van der Waals surface area (Å²) >= 11 is 0. The van der Waals surface area contributed by atoms with Crippen LogP contribution in [0.25, 0.3) is 0 Å². The SMILES string of the molecule is CCOC1CC(NC(CC(C)C)C(=O)O)C1(C)C. The summed E-state index contributed by atoms with van der Waals surface area (Å²) in [7, 11) is 0. The van der Waals surface area contributed by atoms with Crippen molar-refractivity contribution in [1.82, 2.24) is 5.32 Å². The van der Waals surface area contributed by atoms with Gasteiger partial charge in [0, 0.05) is 18.1 Å². The highest BCUT2D eigenvalue weighted by molar-refractivity contribution is 5.73. The lowest BCUT2D eigenvalue weighted by atomic mass is 9.64. The highest BCUT2D eigenvalue weighted by atomic mass is 16.5. The second-order valence-corrected chi connectivity index (χ2v) is 6.24. The standard InChI is InChI=1S/C14H27NO3/c1-6-18-12-8-11(14(12,4)5)15-10(13(16)17)7-9(2)3/h9-12,15H,6-8H2,1-5H3,(H,16,17). The average molecular weight is 257 g/mol. The molecule has 1 saturated carbocycles. The average Bonchev–Trinajstić information content (AvgIpc) is 2.25. The minimum Gasteiger partial charge on any atom is -0.480 e. The summed E-state index contributed by atoms with van der Waals surface area (Å²) in [6.45, 7) is 11.1. The van der Waals surface area contributed by atoms with Gasteiger partial charge >= 0.3 is 5.97 Å². The number of hydrogen-bond donors (Lipinski definition) is 2. The Morgan fingerprint density at radius 3 is 2.50 bits per heavy atom. The molecular formula is C14H27NO3. The van der Waals surface area contributed by atoms with Crippen LogP contribution in [0, 0.1) is 11.3 Å². The third-order valence-electron chi connectivity index (χ3n) is 3.95. The summed E-state index contributed by atoms with van der Waals surface area (Å²) in [4.78, 5) is 11.2. The topological polar surface area (TPSA) is 58.6 Å². The Morgan fingerprint density at radius 1 is 1.50 bits per heavy atom. The molecule has 0 aromatic heterocycles. The molecule has 0 saturated heterocycles. The van der Waals surface area contributed by atoms with Gasteiger partial charge in [-0.25, -0.2) is 0 Å². The van der Waals surface area contributed by atoms with Crippen LogP contribution in [0.4, 0.5) is 0 Å². The monoisotopic (exact) mass is 257 g/mol. The third-order valence-corrected chi connectivity index (χ3v) is 3.95. The maximum Gasteiger partial charge on any atom is 0.320 e. The highest BCUT2D eigenvalue weighted by Gasteiger charge is 2.49. The number of nitrogens with one attached hydrogen (secondary N) is 1. The van der Waals surface area contributed by atoms with Crippen LogP contribution in [0.3, 0.4) is 0 Å². The van der Waals surface area contributed by atoms with Gasteiger partial charge in [-0.1, -0.05) is 27.7 Å². The molecule has 1 aliphatic carbocycles. The summed E-state index contributed by atoms with van der Waals surface area (Å²) < 4.78 is 5.66. The Balaban J connectivity index is 2.54. The van der Waals surface area contributed by atoms with Crippen LogP contribution in [0.5, 0.6) is 0 Å². The van der Waals surface area contributed by atoms with E-state index in [2.05, 4.69) is 19.2 Å².